The predicted octanol–water partition coefficient (Wildman–Crippen LogP) is 11.6. The van der Waals surface area contributed by atoms with Gasteiger partial charge in [0, 0.05) is 56.3 Å². The lowest BCUT2D eigenvalue weighted by Gasteiger charge is -2.06. The molecule has 0 aliphatic rings. The van der Waals surface area contributed by atoms with E-state index >= 15 is 0 Å². The summed E-state index contributed by atoms with van der Waals surface area (Å²) < 4.78 is 79.0. The second-order valence-corrected chi connectivity index (χ2v) is 18.0. The molecule has 1 atom stereocenters. The van der Waals surface area contributed by atoms with Crippen molar-refractivity contribution in [3.8, 4) is 50.8 Å². The first-order chi connectivity index (χ1) is 38.7. The van der Waals surface area contributed by atoms with Crippen molar-refractivity contribution < 1.29 is 38.8 Å². The Morgan fingerprint density at radius 2 is 0.810 bits per heavy atom. The van der Waals surface area contributed by atoms with E-state index in [-0.39, 0.29) is 0 Å². The van der Waals surface area contributed by atoms with Gasteiger partial charge in [0.2, 0.25) is 0 Å². The number of aryl methyl sites for hydroxylation is 7. The fourth-order valence-electron chi connectivity index (χ4n) is 8.67. The van der Waals surface area contributed by atoms with E-state index in [4.69, 9.17) is 55.1 Å². The van der Waals surface area contributed by atoms with E-state index in [9.17, 15) is 0 Å². The first kappa shape index (κ1) is 58.5. The van der Waals surface area contributed by atoms with Gasteiger partial charge in [0.25, 0.3) is 0 Å². The van der Waals surface area contributed by atoms with Crippen molar-refractivity contribution in [1.29, 1.82) is 1.34 Å². The van der Waals surface area contributed by atoms with Crippen LogP contribution in [-0.4, -0.2) is 78.2 Å². The predicted molar refractivity (Wildman–Crippen MR) is 314 cm³/mol. The minimum Gasteiger partial charge on any atom is -0.361 e. The van der Waals surface area contributed by atoms with Crippen molar-refractivity contribution >= 4 is 100 Å². The topological polar surface area (TPSA) is 234 Å². The Hall–Kier alpha value is -8.21. The maximum Gasteiger partial charge on any atom is 0.335 e. The number of nitrogens with zero attached hydrogens (tertiary/aromatic N) is 9. The smallest absolute Gasteiger partial charge is 0.335 e. The summed E-state index contributed by atoms with van der Waals surface area (Å²) in [5, 5.41) is 15.4. The number of fused-ring (bicyclic) bond motifs is 3. The summed E-state index contributed by atoms with van der Waals surface area (Å²) >= 11 is 1.38. The molecular weight excluding hydrogens is 1150 g/mol. The molecule has 0 saturated heterocycles. The molecule has 0 aliphatic heterocycles. The zero-order chi connectivity index (χ0) is 57.9. The Labute approximate surface area is 477 Å². The molecule has 1 unspecified atom stereocenters. The van der Waals surface area contributed by atoms with Crippen LogP contribution < -0.4 is 0 Å². The molecule has 79 heavy (non-hydrogen) atoms. The first-order valence-corrected chi connectivity index (χ1v) is 26.9. The van der Waals surface area contributed by atoms with E-state index < -0.39 is 34.7 Å². The number of para-hydroxylation sites is 3. The molecule has 0 aliphatic carbocycles. The highest BCUT2D eigenvalue weighted by molar-refractivity contribution is 9.10. The minimum atomic E-state index is -0.750. The van der Waals surface area contributed by atoms with Crippen LogP contribution in [0.4, 0.5) is 0 Å². The average molecular weight is 1200 g/mol. The molecule has 12 rings (SSSR count). The maximum atomic E-state index is 8.29. The van der Waals surface area contributed by atoms with Gasteiger partial charge in [-0.05, 0) is 150 Å². The second-order valence-electron chi connectivity index (χ2n) is 16.8. The fraction of sp³-hybridized carbons (Fsp3) is 0.127. The van der Waals surface area contributed by atoms with Crippen LogP contribution in [0.2, 0.25) is 0 Å². The zero-order valence-electron chi connectivity index (χ0n) is 44.4. The molecule has 401 valence electrons. The average Bonchev–Trinajstić information content (AvgIpc) is 4.36. The molecule has 0 spiro atoms. The molecule has 24 heteroatoms. The van der Waals surface area contributed by atoms with Crippen LogP contribution in [0.5, 0.6) is 0 Å². The van der Waals surface area contributed by atoms with Crippen molar-refractivity contribution in [2.75, 3.05) is 0 Å². The highest BCUT2D eigenvalue weighted by Crippen LogP contribution is 2.34. The van der Waals surface area contributed by atoms with Crippen LogP contribution >= 0.6 is 25.0 Å². The summed E-state index contributed by atoms with van der Waals surface area (Å²) in [6.45, 7) is 13.7. The van der Waals surface area contributed by atoms with E-state index in [1.807, 2.05) is 127 Å². The lowest BCUT2D eigenvalue weighted by atomic mass is 10.1. The molecule has 0 N–H and O–H groups in total. The van der Waals surface area contributed by atoms with E-state index in [2.05, 4.69) is 128 Å². The Morgan fingerprint density at radius 1 is 0.468 bits per heavy atom. The summed E-state index contributed by atoms with van der Waals surface area (Å²) in [6, 6.07) is 45.1. The number of pyridine rings is 3. The number of hydrogen-bond acceptors (Lipinski definition) is 15. The molecule has 18 nitrogen and oxygen atoms in total. The van der Waals surface area contributed by atoms with Crippen LogP contribution in [0.1, 0.15) is 39.9 Å². The van der Waals surface area contributed by atoms with Crippen molar-refractivity contribution in [2.24, 2.45) is 0 Å². The van der Waals surface area contributed by atoms with Gasteiger partial charge in [-0.3, -0.25) is 0 Å². The highest BCUT2D eigenvalue weighted by Gasteiger charge is 2.19. The van der Waals surface area contributed by atoms with Crippen LogP contribution in [0.15, 0.2) is 170 Å². The third-order valence-corrected chi connectivity index (χ3v) is 12.6. The molecule has 0 amide bonds. The normalized spacial score (nSPS) is 10.3. The Morgan fingerprint density at radius 3 is 1.20 bits per heavy atom. The van der Waals surface area contributed by atoms with E-state index in [0.29, 0.717) is 0 Å². The quantitative estimate of drug-likeness (QED) is 0.111. The largest absolute Gasteiger partial charge is 0.361 e. The van der Waals surface area contributed by atoms with Gasteiger partial charge in [0.15, 0.2) is 0 Å². The van der Waals surface area contributed by atoms with E-state index in [1.165, 1.54) is 13.1 Å². The zero-order valence-corrected chi connectivity index (χ0v) is 48.6. The SMILES string of the molecule is Cc1noc(C)c1-c1ccc2c(Br)cn(-c3ccccc3)c2n1.Cc1noc(C)c1-c1ccc2c(C)cn(-c3ccccc3)c2n1.Cc1noc(C)c1-c1ccc2ccn(-c3ccccc3)c2n1.O=S=O.O=S=O.O=S=O.[2H][B]P. The van der Waals surface area contributed by atoms with Gasteiger partial charge < -0.3 is 27.3 Å². The summed E-state index contributed by atoms with van der Waals surface area (Å²) in [4.78, 5) is 14.6. The molecular formula is C55H49BBrN9O9PS3. The Balaban J connectivity index is 0.000000176. The number of hydrogen-bond donors (Lipinski definition) is 0. The first-order valence-electron chi connectivity index (χ1n) is 24.1. The summed E-state index contributed by atoms with van der Waals surface area (Å²) in [6.07, 6.45) is 6.22. The minimum absolute atomic E-state index is 0.750. The molecule has 9 heterocycles. The molecule has 3 aromatic carbocycles. The third kappa shape index (κ3) is 14.1. The van der Waals surface area contributed by atoms with E-state index in [1.54, 1.807) is 0 Å². The second kappa shape index (κ2) is 29.0. The lowest BCUT2D eigenvalue weighted by Crippen LogP contribution is -1.95. The summed E-state index contributed by atoms with van der Waals surface area (Å²) in [5.74, 6) is 2.37. The van der Waals surface area contributed by atoms with E-state index in [0.717, 1.165) is 123 Å². The molecule has 0 bridgehead atoms. The number of aromatic nitrogens is 9. The van der Waals surface area contributed by atoms with Crippen molar-refractivity contribution in [3.63, 3.8) is 0 Å². The molecule has 12 aromatic rings. The fourth-order valence-corrected chi connectivity index (χ4v) is 9.18. The number of benzene rings is 3. The Kier molecular flexibility index (Phi) is 21.4. The third-order valence-electron chi connectivity index (χ3n) is 12.0. The van der Waals surface area contributed by atoms with Gasteiger partial charge in [-0.25, -0.2) is 15.0 Å². The van der Waals surface area contributed by atoms with Crippen LogP contribution in [0.3, 0.4) is 0 Å². The van der Waals surface area contributed by atoms with Crippen molar-refractivity contribution in [2.45, 2.75) is 48.5 Å². The van der Waals surface area contributed by atoms with Gasteiger partial charge in [-0.1, -0.05) is 70.1 Å². The maximum absolute atomic E-state index is 8.29. The van der Waals surface area contributed by atoms with Gasteiger partial charge in [0.05, 0.1) is 50.9 Å². The van der Waals surface area contributed by atoms with Crippen molar-refractivity contribution in [1.82, 2.24) is 44.1 Å². The highest BCUT2D eigenvalue weighted by atomic mass is 79.9. The lowest BCUT2D eigenvalue weighted by molar-refractivity contribution is 0.393. The number of rotatable bonds is 6. The standard InChI is InChI=1S/C19H17N3O.C18H14BrN3O.C18H15N3O.BH3P.3O2S/c1-12-11-22(15-7-5-4-6-8-15)19-16(12)9-10-17(20-19)18-13(2)21-23-14(18)3;1-11-17(12(2)23-21-11)16-9-8-14-15(19)10-22(18(14)20-16)13-6-4-3-5-7-13;1-12-17(13(2)22-20-12)16-9-8-14-10-11-21(18(14)19-16)15-6-4-3-5-7-15;1-2;3*1-3-2/h4-11H,1-3H3;3-10H,1-2H3;3-11H,1-2H3;1H,2H2;;;/i;;;1D;;;. The summed E-state index contributed by atoms with van der Waals surface area (Å²) in [5.41, 5.74) is 15.4. The van der Waals surface area contributed by atoms with Gasteiger partial charge in [0.1, 0.15) is 41.8 Å². The monoisotopic (exact) mass is 1200 g/mol. The van der Waals surface area contributed by atoms with Crippen molar-refractivity contribution in [3.05, 3.63) is 196 Å². The van der Waals surface area contributed by atoms with Gasteiger partial charge >= 0.3 is 34.7 Å². The van der Waals surface area contributed by atoms with Gasteiger partial charge in [-0.2, -0.15) is 34.4 Å². The molecule has 1 radical (unpaired) electrons. The summed E-state index contributed by atoms with van der Waals surface area (Å²) in [7, 11) is 3.29. The molecule has 0 fully saturated rings. The van der Waals surface area contributed by atoms with Crippen LogP contribution in [-0.2, 0) is 34.7 Å². The number of halogens is 1. The molecule has 0 saturated carbocycles. The Bertz CT molecular complexity index is 3870. The van der Waals surface area contributed by atoms with Crippen LogP contribution in [0.25, 0.3) is 83.9 Å². The molecule has 9 aromatic heterocycles. The van der Waals surface area contributed by atoms with Crippen LogP contribution in [0, 0.1) is 48.5 Å². The van der Waals surface area contributed by atoms with Gasteiger partial charge in [-0.15, -0.1) is 0 Å².